The van der Waals surface area contributed by atoms with Crippen molar-refractivity contribution in [1.82, 2.24) is 0 Å². The maximum absolute atomic E-state index is 12.5. The lowest BCUT2D eigenvalue weighted by Gasteiger charge is -2.28. The van der Waals surface area contributed by atoms with E-state index in [-0.39, 0.29) is 26.1 Å². The third-order valence-electron chi connectivity index (χ3n) is 7.04. The molecule has 0 heterocycles. The Balaban J connectivity index is 4.47. The van der Waals surface area contributed by atoms with E-state index in [1.54, 1.807) is 0 Å². The monoisotopic (exact) mass is 633 g/mol. The van der Waals surface area contributed by atoms with Crippen molar-refractivity contribution >= 4 is 19.8 Å². The van der Waals surface area contributed by atoms with Crippen molar-refractivity contribution in [3.63, 3.8) is 0 Å². The molecule has 2 atom stereocenters. The summed E-state index contributed by atoms with van der Waals surface area (Å²) < 4.78 is 33.5. The molecule has 0 aromatic carbocycles. The zero-order chi connectivity index (χ0) is 32.2. The van der Waals surface area contributed by atoms with Gasteiger partial charge in [0.05, 0.1) is 27.7 Å². The first kappa shape index (κ1) is 41.8. The van der Waals surface area contributed by atoms with Crippen LogP contribution in [0.5, 0.6) is 0 Å². The van der Waals surface area contributed by atoms with Crippen molar-refractivity contribution in [2.75, 3.05) is 47.5 Å². The van der Waals surface area contributed by atoms with Crippen molar-refractivity contribution in [3.8, 4) is 0 Å². The van der Waals surface area contributed by atoms with Gasteiger partial charge in [-0.2, -0.15) is 0 Å². The Labute approximate surface area is 263 Å². The Morgan fingerprint density at radius 1 is 0.698 bits per heavy atom. The number of phosphoric acid groups is 1. The highest BCUT2D eigenvalue weighted by atomic mass is 31.2. The molecule has 0 N–H and O–H groups in total. The molecule has 0 rings (SSSR count). The number of quaternary nitrogens is 1. The number of hydrogen-bond donors (Lipinski definition) is 0. The van der Waals surface area contributed by atoms with Gasteiger partial charge in [0.25, 0.3) is 7.82 Å². The lowest BCUT2D eigenvalue weighted by atomic mass is 10.1. The number of hydrogen-bond acceptors (Lipinski definition) is 8. The number of carbonyl (C=O) groups is 2. The Morgan fingerprint density at radius 3 is 1.74 bits per heavy atom. The predicted octanol–water partition coefficient (Wildman–Crippen LogP) is 7.66. The third kappa shape index (κ3) is 30.6. The van der Waals surface area contributed by atoms with Crippen molar-refractivity contribution in [2.24, 2.45) is 0 Å². The molecular formula is C33H64NO8P. The average Bonchev–Trinajstić information content (AvgIpc) is 2.93. The molecule has 0 radical (unpaired) electrons. The highest BCUT2D eigenvalue weighted by molar-refractivity contribution is 7.45. The van der Waals surface area contributed by atoms with Crippen molar-refractivity contribution in [3.05, 3.63) is 12.2 Å². The second-order valence-corrected chi connectivity index (χ2v) is 13.9. The van der Waals surface area contributed by atoms with E-state index >= 15 is 0 Å². The summed E-state index contributed by atoms with van der Waals surface area (Å²) in [5, 5.41) is 0. The van der Waals surface area contributed by atoms with Gasteiger partial charge in [-0.05, 0) is 38.5 Å². The van der Waals surface area contributed by atoms with Crippen LogP contribution in [0.4, 0.5) is 0 Å². The first-order valence-corrected chi connectivity index (χ1v) is 18.4. The fraction of sp³-hybridized carbons (Fsp3) is 0.879. The fourth-order valence-corrected chi connectivity index (χ4v) is 5.02. The number of carbonyl (C=O) groups excluding carboxylic acids is 2. The minimum Gasteiger partial charge on any atom is -0.756 e. The molecule has 9 nitrogen and oxygen atoms in total. The van der Waals surface area contributed by atoms with Gasteiger partial charge in [0, 0.05) is 12.8 Å². The summed E-state index contributed by atoms with van der Waals surface area (Å²) in [5.74, 6) is -0.856. The van der Waals surface area contributed by atoms with Gasteiger partial charge in [-0.25, -0.2) is 0 Å². The molecule has 10 heteroatoms. The number of likely N-dealkylation sites (N-methyl/N-ethyl adjacent to an activating group) is 1. The number of esters is 2. The molecular weight excluding hydrogens is 569 g/mol. The van der Waals surface area contributed by atoms with Gasteiger partial charge in [0.15, 0.2) is 6.10 Å². The van der Waals surface area contributed by atoms with E-state index in [4.69, 9.17) is 18.5 Å². The first-order chi connectivity index (χ1) is 20.5. The van der Waals surface area contributed by atoms with E-state index < -0.39 is 32.5 Å². The third-order valence-corrected chi connectivity index (χ3v) is 8.00. The molecule has 0 spiro atoms. The van der Waals surface area contributed by atoms with E-state index in [1.807, 2.05) is 21.1 Å². The van der Waals surface area contributed by atoms with E-state index in [9.17, 15) is 19.0 Å². The largest absolute Gasteiger partial charge is 0.756 e. The second-order valence-electron chi connectivity index (χ2n) is 12.5. The highest BCUT2D eigenvalue weighted by Crippen LogP contribution is 2.38. The molecule has 0 fully saturated rings. The molecule has 0 aromatic heterocycles. The maximum atomic E-state index is 12.5. The Morgan fingerprint density at radius 2 is 1.19 bits per heavy atom. The predicted molar refractivity (Wildman–Crippen MR) is 171 cm³/mol. The van der Waals surface area contributed by atoms with Crippen LogP contribution >= 0.6 is 7.82 Å². The van der Waals surface area contributed by atoms with Crippen LogP contribution in [0.15, 0.2) is 12.2 Å². The normalized spacial score (nSPS) is 14.1. The number of ether oxygens (including phenoxy) is 2. The van der Waals surface area contributed by atoms with Gasteiger partial charge < -0.3 is 27.9 Å². The molecule has 0 aliphatic heterocycles. The van der Waals surface area contributed by atoms with Gasteiger partial charge in [0.2, 0.25) is 0 Å². The van der Waals surface area contributed by atoms with Crippen LogP contribution in [-0.2, 0) is 32.7 Å². The quantitative estimate of drug-likeness (QED) is 0.0261. The van der Waals surface area contributed by atoms with E-state index in [2.05, 4.69) is 26.0 Å². The van der Waals surface area contributed by atoms with Crippen molar-refractivity contribution < 1.29 is 42.1 Å². The summed E-state index contributed by atoms with van der Waals surface area (Å²) in [4.78, 5) is 36.9. The van der Waals surface area contributed by atoms with Gasteiger partial charge in [0.1, 0.15) is 19.8 Å². The molecule has 0 saturated carbocycles. The summed E-state index contributed by atoms with van der Waals surface area (Å²) in [6.07, 6.45) is 22.7. The molecule has 2 unspecified atom stereocenters. The molecule has 43 heavy (non-hydrogen) atoms. The molecule has 0 aromatic rings. The van der Waals surface area contributed by atoms with Crippen LogP contribution in [0.2, 0.25) is 0 Å². The van der Waals surface area contributed by atoms with Crippen LogP contribution in [0.3, 0.4) is 0 Å². The standard InChI is InChI=1S/C33H64NO8P/c1-6-8-10-12-14-15-16-17-18-19-20-22-24-26-33(36)42-31(29-39-32(35)25-23-21-13-11-9-7-2)30-41-43(37,38)40-28-27-34(3,4)5/h15-16,31H,6-14,17-30H2,1-5H3/b16-15-. The topological polar surface area (TPSA) is 111 Å². The number of unbranched alkanes of at least 4 members (excludes halogenated alkanes) is 14. The fourth-order valence-electron chi connectivity index (χ4n) is 4.29. The lowest BCUT2D eigenvalue weighted by Crippen LogP contribution is -2.37. The summed E-state index contributed by atoms with van der Waals surface area (Å²) in [6, 6.07) is 0. The number of nitrogens with zero attached hydrogens (tertiary/aromatic N) is 1. The van der Waals surface area contributed by atoms with Crippen LogP contribution in [0.25, 0.3) is 0 Å². The second kappa shape index (κ2) is 27.1. The Kier molecular flexibility index (Phi) is 26.3. The van der Waals surface area contributed by atoms with Crippen LogP contribution in [-0.4, -0.2) is 70.0 Å². The minimum atomic E-state index is -4.60. The van der Waals surface area contributed by atoms with E-state index in [1.165, 1.54) is 44.9 Å². The lowest BCUT2D eigenvalue weighted by molar-refractivity contribution is -0.870. The van der Waals surface area contributed by atoms with Crippen LogP contribution < -0.4 is 4.89 Å². The summed E-state index contributed by atoms with van der Waals surface area (Å²) in [5.41, 5.74) is 0. The smallest absolute Gasteiger partial charge is 0.306 e. The summed E-state index contributed by atoms with van der Waals surface area (Å²) in [7, 11) is 1.16. The maximum Gasteiger partial charge on any atom is 0.306 e. The molecule has 0 amide bonds. The van der Waals surface area contributed by atoms with Crippen LogP contribution in [0, 0.1) is 0 Å². The van der Waals surface area contributed by atoms with Crippen molar-refractivity contribution in [1.29, 1.82) is 0 Å². The Hall–Kier alpha value is -1.25. The summed E-state index contributed by atoms with van der Waals surface area (Å²) in [6.45, 7) is 4.10. The van der Waals surface area contributed by atoms with Gasteiger partial charge in [-0.1, -0.05) is 96.6 Å². The molecule has 254 valence electrons. The molecule has 0 aliphatic carbocycles. The zero-order valence-electron chi connectivity index (χ0n) is 28.2. The average molecular weight is 634 g/mol. The van der Waals surface area contributed by atoms with Gasteiger partial charge in [-0.15, -0.1) is 0 Å². The van der Waals surface area contributed by atoms with Gasteiger partial charge in [-0.3, -0.25) is 14.2 Å². The molecule has 0 bridgehead atoms. The summed E-state index contributed by atoms with van der Waals surface area (Å²) >= 11 is 0. The van der Waals surface area contributed by atoms with Crippen molar-refractivity contribution in [2.45, 2.75) is 142 Å². The van der Waals surface area contributed by atoms with Gasteiger partial charge >= 0.3 is 11.9 Å². The number of allylic oxidation sites excluding steroid dienone is 2. The van der Waals surface area contributed by atoms with Crippen LogP contribution in [0.1, 0.15) is 136 Å². The van der Waals surface area contributed by atoms with E-state index in [0.29, 0.717) is 17.4 Å². The zero-order valence-corrected chi connectivity index (χ0v) is 29.1. The van der Waals surface area contributed by atoms with E-state index in [0.717, 1.165) is 57.8 Å². The Bertz CT molecular complexity index is 768. The highest BCUT2D eigenvalue weighted by Gasteiger charge is 2.21. The minimum absolute atomic E-state index is 0.0304. The first-order valence-electron chi connectivity index (χ1n) is 16.9. The molecule has 0 saturated heterocycles. The number of rotatable bonds is 30. The number of phosphoric ester groups is 1. The molecule has 0 aliphatic rings. The SMILES string of the molecule is CCCCCC/C=C\CCCCCCCC(=O)OC(COC(=O)CCCCCCCC)COP(=O)([O-])OCC[N+](C)(C)C.